The van der Waals surface area contributed by atoms with Crippen molar-refractivity contribution in [2.45, 2.75) is 78.3 Å². The monoisotopic (exact) mass is 268 g/mol. The molecule has 112 valence electrons. The first-order valence-corrected chi connectivity index (χ1v) is 8.05. The zero-order valence-electron chi connectivity index (χ0n) is 13.2. The average molecular weight is 268 g/mol. The molecule has 0 saturated heterocycles. The van der Waals surface area contributed by atoms with Gasteiger partial charge in [0.25, 0.3) is 0 Å². The van der Waals surface area contributed by atoms with Gasteiger partial charge < -0.3 is 10.6 Å². The minimum absolute atomic E-state index is 0.0489. The first-order valence-electron chi connectivity index (χ1n) is 8.05. The molecule has 1 saturated carbocycles. The van der Waals surface area contributed by atoms with Gasteiger partial charge in [-0.3, -0.25) is 4.79 Å². The first-order chi connectivity index (χ1) is 8.99. The van der Waals surface area contributed by atoms with Crippen LogP contribution >= 0.6 is 0 Å². The fourth-order valence-corrected chi connectivity index (χ4v) is 3.10. The Morgan fingerprint density at radius 2 is 2.00 bits per heavy atom. The average Bonchev–Trinajstić information content (AvgIpc) is 2.37. The van der Waals surface area contributed by atoms with Crippen LogP contribution in [0.5, 0.6) is 0 Å². The maximum absolute atomic E-state index is 12.7. The lowest BCUT2D eigenvalue weighted by Gasteiger charge is -2.37. The Morgan fingerprint density at radius 1 is 1.32 bits per heavy atom. The summed E-state index contributed by atoms with van der Waals surface area (Å²) in [6.07, 6.45) is 6.79. The van der Waals surface area contributed by atoms with E-state index in [-0.39, 0.29) is 18.0 Å². The SMILES string of the molecule is CCCCCN(C(=O)C1CCCC(C)C1N)C(C)C. The van der Waals surface area contributed by atoms with Gasteiger partial charge in [-0.05, 0) is 39.0 Å². The summed E-state index contributed by atoms with van der Waals surface area (Å²) in [4.78, 5) is 14.8. The molecule has 0 aliphatic heterocycles. The molecule has 1 aliphatic rings. The number of rotatable bonds is 6. The highest BCUT2D eigenvalue weighted by atomic mass is 16.2. The first kappa shape index (κ1) is 16.5. The van der Waals surface area contributed by atoms with E-state index in [0.29, 0.717) is 11.8 Å². The van der Waals surface area contributed by atoms with Gasteiger partial charge in [0.05, 0.1) is 5.92 Å². The smallest absolute Gasteiger partial charge is 0.227 e. The Labute approximate surface area is 118 Å². The molecule has 0 aromatic carbocycles. The number of nitrogens with zero attached hydrogens (tertiary/aromatic N) is 1. The van der Waals surface area contributed by atoms with Gasteiger partial charge in [-0.2, -0.15) is 0 Å². The molecule has 0 radical (unpaired) electrons. The number of nitrogens with two attached hydrogens (primary N) is 1. The number of unbranched alkanes of at least 4 members (excludes halogenated alkanes) is 2. The van der Waals surface area contributed by atoms with E-state index in [1.165, 1.54) is 19.3 Å². The van der Waals surface area contributed by atoms with Crippen LogP contribution in [-0.2, 0) is 4.79 Å². The van der Waals surface area contributed by atoms with Gasteiger partial charge >= 0.3 is 0 Å². The molecule has 0 spiro atoms. The second-order valence-electron chi connectivity index (χ2n) is 6.42. The minimum atomic E-state index is 0.0489. The summed E-state index contributed by atoms with van der Waals surface area (Å²) in [5, 5.41) is 0. The second-order valence-corrected chi connectivity index (χ2v) is 6.42. The van der Waals surface area contributed by atoms with Crippen LogP contribution in [0.2, 0.25) is 0 Å². The van der Waals surface area contributed by atoms with Crippen molar-refractivity contribution in [2.75, 3.05) is 6.54 Å². The van der Waals surface area contributed by atoms with Gasteiger partial charge in [0.15, 0.2) is 0 Å². The number of amides is 1. The maximum Gasteiger partial charge on any atom is 0.227 e. The molecule has 0 aromatic heterocycles. The van der Waals surface area contributed by atoms with Crippen LogP contribution in [0.1, 0.15) is 66.2 Å². The lowest BCUT2D eigenvalue weighted by atomic mass is 9.77. The van der Waals surface area contributed by atoms with Crippen molar-refractivity contribution in [1.82, 2.24) is 4.90 Å². The molecule has 3 nitrogen and oxygen atoms in total. The highest BCUT2D eigenvalue weighted by Crippen LogP contribution is 2.29. The third kappa shape index (κ3) is 4.48. The third-order valence-corrected chi connectivity index (χ3v) is 4.52. The Morgan fingerprint density at radius 3 is 2.58 bits per heavy atom. The van der Waals surface area contributed by atoms with E-state index >= 15 is 0 Å². The molecule has 1 aliphatic carbocycles. The topological polar surface area (TPSA) is 46.3 Å². The van der Waals surface area contributed by atoms with Crippen LogP contribution in [0, 0.1) is 11.8 Å². The predicted molar refractivity (Wildman–Crippen MR) is 80.9 cm³/mol. The molecule has 1 fully saturated rings. The van der Waals surface area contributed by atoms with E-state index < -0.39 is 0 Å². The highest BCUT2D eigenvalue weighted by Gasteiger charge is 2.35. The zero-order valence-corrected chi connectivity index (χ0v) is 13.2. The molecule has 3 heteroatoms. The van der Waals surface area contributed by atoms with Crippen molar-refractivity contribution in [3.05, 3.63) is 0 Å². The van der Waals surface area contributed by atoms with Crippen molar-refractivity contribution in [2.24, 2.45) is 17.6 Å². The number of hydrogen-bond acceptors (Lipinski definition) is 2. The largest absolute Gasteiger partial charge is 0.340 e. The maximum atomic E-state index is 12.7. The Bertz CT molecular complexity index is 278. The Kier molecular flexibility index (Phi) is 6.84. The van der Waals surface area contributed by atoms with Gasteiger partial charge in [-0.25, -0.2) is 0 Å². The normalized spacial score (nSPS) is 27.6. The third-order valence-electron chi connectivity index (χ3n) is 4.52. The van der Waals surface area contributed by atoms with Crippen molar-refractivity contribution in [1.29, 1.82) is 0 Å². The summed E-state index contributed by atoms with van der Waals surface area (Å²) in [6, 6.07) is 0.336. The Balaban J connectivity index is 2.64. The van der Waals surface area contributed by atoms with Gasteiger partial charge in [0.1, 0.15) is 0 Å². The lowest BCUT2D eigenvalue weighted by molar-refractivity contribution is -0.139. The van der Waals surface area contributed by atoms with E-state index in [1.807, 2.05) is 0 Å². The van der Waals surface area contributed by atoms with Crippen LogP contribution in [0.4, 0.5) is 0 Å². The predicted octanol–water partition coefficient (Wildman–Crippen LogP) is 3.18. The standard InChI is InChI=1S/C16H32N2O/c1-5-6-7-11-18(12(2)3)16(19)14-10-8-9-13(4)15(14)17/h12-15H,5-11,17H2,1-4H3. The molecule has 0 aromatic rings. The summed E-state index contributed by atoms with van der Waals surface area (Å²) in [5.41, 5.74) is 6.27. The van der Waals surface area contributed by atoms with Gasteiger partial charge in [-0.1, -0.05) is 33.1 Å². The summed E-state index contributed by atoms with van der Waals surface area (Å²) < 4.78 is 0. The fourth-order valence-electron chi connectivity index (χ4n) is 3.10. The van der Waals surface area contributed by atoms with Gasteiger partial charge in [0, 0.05) is 18.6 Å². The fraction of sp³-hybridized carbons (Fsp3) is 0.938. The van der Waals surface area contributed by atoms with Crippen LogP contribution in [0.15, 0.2) is 0 Å². The van der Waals surface area contributed by atoms with Crippen LogP contribution in [0.3, 0.4) is 0 Å². The van der Waals surface area contributed by atoms with E-state index in [1.54, 1.807) is 0 Å². The number of carbonyl (C=O) groups is 1. The molecule has 19 heavy (non-hydrogen) atoms. The number of hydrogen-bond donors (Lipinski definition) is 1. The summed E-state index contributed by atoms with van der Waals surface area (Å²) in [6.45, 7) is 9.49. The van der Waals surface area contributed by atoms with E-state index in [9.17, 15) is 4.79 Å². The van der Waals surface area contributed by atoms with E-state index in [4.69, 9.17) is 5.73 Å². The quantitative estimate of drug-likeness (QED) is 0.752. The van der Waals surface area contributed by atoms with Gasteiger partial charge in [-0.15, -0.1) is 0 Å². The lowest BCUT2D eigenvalue weighted by Crippen LogP contribution is -2.50. The molecule has 0 heterocycles. The van der Waals surface area contributed by atoms with Crippen LogP contribution in [-0.4, -0.2) is 29.4 Å². The van der Waals surface area contributed by atoms with Crippen molar-refractivity contribution in [3.8, 4) is 0 Å². The molecule has 2 N–H and O–H groups in total. The summed E-state index contributed by atoms with van der Waals surface area (Å²) in [5.74, 6) is 0.824. The van der Waals surface area contributed by atoms with Crippen molar-refractivity contribution in [3.63, 3.8) is 0 Å². The van der Waals surface area contributed by atoms with Gasteiger partial charge in [0.2, 0.25) is 5.91 Å². The van der Waals surface area contributed by atoms with E-state index in [0.717, 1.165) is 25.8 Å². The summed E-state index contributed by atoms with van der Waals surface area (Å²) >= 11 is 0. The molecule has 1 amide bonds. The number of carbonyl (C=O) groups excluding carboxylic acids is 1. The highest BCUT2D eigenvalue weighted by molar-refractivity contribution is 5.80. The molecular formula is C16H32N2O. The zero-order chi connectivity index (χ0) is 14.4. The molecule has 3 atom stereocenters. The van der Waals surface area contributed by atoms with E-state index in [2.05, 4.69) is 32.6 Å². The molecule has 0 bridgehead atoms. The van der Waals surface area contributed by atoms with Crippen LogP contribution in [0.25, 0.3) is 0 Å². The van der Waals surface area contributed by atoms with Crippen molar-refractivity contribution >= 4 is 5.91 Å². The Hall–Kier alpha value is -0.570. The van der Waals surface area contributed by atoms with Crippen LogP contribution < -0.4 is 5.73 Å². The molecule has 3 unspecified atom stereocenters. The van der Waals surface area contributed by atoms with Crippen molar-refractivity contribution < 1.29 is 4.79 Å². The minimum Gasteiger partial charge on any atom is -0.340 e. The molecule has 1 rings (SSSR count). The summed E-state index contributed by atoms with van der Waals surface area (Å²) in [7, 11) is 0. The molecular weight excluding hydrogens is 236 g/mol. The second kappa shape index (κ2) is 7.88.